The molecular formula is C12H20N2S. The largest absolute Gasteiger partial charge is 0.369 e. The first kappa shape index (κ1) is 12.4. The van der Waals surface area contributed by atoms with Crippen molar-refractivity contribution in [1.29, 1.82) is 0 Å². The van der Waals surface area contributed by atoms with Crippen molar-refractivity contribution >= 4 is 17.4 Å². The van der Waals surface area contributed by atoms with E-state index in [-0.39, 0.29) is 0 Å². The average molecular weight is 224 g/mol. The predicted octanol–water partition coefficient (Wildman–Crippen LogP) is 3.43. The summed E-state index contributed by atoms with van der Waals surface area (Å²) in [5.74, 6) is 0. The van der Waals surface area contributed by atoms with Crippen LogP contribution in [0.25, 0.3) is 0 Å². The molecule has 0 fully saturated rings. The molecule has 1 heterocycles. The van der Waals surface area contributed by atoms with E-state index >= 15 is 0 Å². The Bertz CT molecular complexity index is 283. The third kappa shape index (κ3) is 3.42. The van der Waals surface area contributed by atoms with Crippen LogP contribution in [0.1, 0.15) is 26.7 Å². The number of rotatable bonds is 6. The Morgan fingerprint density at radius 1 is 1.27 bits per heavy atom. The molecule has 0 aromatic carbocycles. The van der Waals surface area contributed by atoms with E-state index in [1.807, 2.05) is 12.3 Å². The quantitative estimate of drug-likeness (QED) is 0.689. The Kier molecular flexibility index (Phi) is 5.54. The molecule has 0 N–H and O–H groups in total. The molecule has 0 amide bonds. The van der Waals surface area contributed by atoms with Crippen molar-refractivity contribution in [3.63, 3.8) is 0 Å². The normalized spacial score (nSPS) is 10.3. The van der Waals surface area contributed by atoms with Crippen LogP contribution in [0.4, 0.5) is 5.69 Å². The number of hydrogen-bond acceptors (Lipinski definition) is 3. The highest BCUT2D eigenvalue weighted by Gasteiger charge is 2.09. The Morgan fingerprint density at radius 3 is 2.47 bits per heavy atom. The molecule has 1 aromatic heterocycles. The van der Waals surface area contributed by atoms with Crippen LogP contribution in [0.3, 0.4) is 0 Å². The molecule has 2 nitrogen and oxygen atoms in total. The second-order valence-corrected chi connectivity index (χ2v) is 4.31. The van der Waals surface area contributed by atoms with Crippen LogP contribution in [0.2, 0.25) is 0 Å². The van der Waals surface area contributed by atoms with Gasteiger partial charge < -0.3 is 4.90 Å². The van der Waals surface area contributed by atoms with E-state index in [9.17, 15) is 0 Å². The molecule has 0 aliphatic carbocycles. The fourth-order valence-corrected chi connectivity index (χ4v) is 2.25. The standard InChI is InChI=1S/C12H20N2S/c1-4-9-14(10-5-2)11-7-6-8-13-12(11)15-3/h6-8H,4-5,9-10H2,1-3H3. The minimum Gasteiger partial charge on any atom is -0.369 e. The molecule has 0 unspecified atom stereocenters. The van der Waals surface area contributed by atoms with Gasteiger partial charge in [0.15, 0.2) is 0 Å². The van der Waals surface area contributed by atoms with Gasteiger partial charge in [0.2, 0.25) is 0 Å². The molecule has 0 bridgehead atoms. The van der Waals surface area contributed by atoms with E-state index in [1.165, 1.54) is 18.5 Å². The van der Waals surface area contributed by atoms with Gasteiger partial charge in [-0.05, 0) is 31.2 Å². The maximum Gasteiger partial charge on any atom is 0.119 e. The molecule has 0 saturated carbocycles. The van der Waals surface area contributed by atoms with Crippen LogP contribution in [0.5, 0.6) is 0 Å². The molecule has 0 aliphatic rings. The second kappa shape index (κ2) is 6.72. The van der Waals surface area contributed by atoms with E-state index < -0.39 is 0 Å². The van der Waals surface area contributed by atoms with Crippen molar-refractivity contribution in [2.45, 2.75) is 31.7 Å². The molecule has 1 aromatic rings. The Hall–Kier alpha value is -0.700. The summed E-state index contributed by atoms with van der Waals surface area (Å²) in [4.78, 5) is 6.83. The van der Waals surface area contributed by atoms with Crippen LogP contribution in [0, 0.1) is 0 Å². The lowest BCUT2D eigenvalue weighted by atomic mass is 10.3. The predicted molar refractivity (Wildman–Crippen MR) is 68.8 cm³/mol. The third-order valence-electron chi connectivity index (χ3n) is 2.27. The zero-order valence-electron chi connectivity index (χ0n) is 9.86. The number of anilines is 1. The number of hydrogen-bond donors (Lipinski definition) is 0. The van der Waals surface area contributed by atoms with E-state index in [1.54, 1.807) is 11.8 Å². The summed E-state index contributed by atoms with van der Waals surface area (Å²) in [6, 6.07) is 4.19. The van der Waals surface area contributed by atoms with Gasteiger partial charge in [-0.25, -0.2) is 4.98 Å². The van der Waals surface area contributed by atoms with Gasteiger partial charge in [0.1, 0.15) is 5.03 Å². The zero-order chi connectivity index (χ0) is 11.1. The summed E-state index contributed by atoms with van der Waals surface area (Å²) in [6.07, 6.45) is 6.32. The molecule has 3 heteroatoms. The van der Waals surface area contributed by atoms with Crippen LogP contribution in [-0.4, -0.2) is 24.3 Å². The molecule has 0 saturated heterocycles. The topological polar surface area (TPSA) is 16.1 Å². The van der Waals surface area contributed by atoms with Crippen LogP contribution in [-0.2, 0) is 0 Å². The first-order valence-corrected chi connectivity index (χ1v) is 6.79. The van der Waals surface area contributed by atoms with E-state index in [4.69, 9.17) is 0 Å². The van der Waals surface area contributed by atoms with Gasteiger partial charge in [-0.1, -0.05) is 13.8 Å². The van der Waals surface area contributed by atoms with Crippen LogP contribution >= 0.6 is 11.8 Å². The second-order valence-electron chi connectivity index (χ2n) is 3.52. The van der Waals surface area contributed by atoms with Crippen LogP contribution in [0.15, 0.2) is 23.4 Å². The van der Waals surface area contributed by atoms with E-state index in [0.29, 0.717) is 0 Å². The fourth-order valence-electron chi connectivity index (χ4n) is 1.67. The highest BCUT2D eigenvalue weighted by molar-refractivity contribution is 7.98. The smallest absolute Gasteiger partial charge is 0.119 e. The molecule has 0 aliphatic heterocycles. The average Bonchev–Trinajstić information content (AvgIpc) is 2.29. The molecule has 15 heavy (non-hydrogen) atoms. The lowest BCUT2D eigenvalue weighted by Crippen LogP contribution is -2.25. The highest BCUT2D eigenvalue weighted by Crippen LogP contribution is 2.26. The van der Waals surface area contributed by atoms with Gasteiger partial charge in [0.25, 0.3) is 0 Å². The minimum atomic E-state index is 1.12. The zero-order valence-corrected chi connectivity index (χ0v) is 10.7. The summed E-state index contributed by atoms with van der Waals surface area (Å²) in [5.41, 5.74) is 1.29. The number of aromatic nitrogens is 1. The number of thioether (sulfide) groups is 1. The fraction of sp³-hybridized carbons (Fsp3) is 0.583. The number of nitrogens with zero attached hydrogens (tertiary/aromatic N) is 2. The highest BCUT2D eigenvalue weighted by atomic mass is 32.2. The monoisotopic (exact) mass is 224 g/mol. The van der Waals surface area contributed by atoms with Crippen molar-refractivity contribution in [2.24, 2.45) is 0 Å². The van der Waals surface area contributed by atoms with E-state index in [2.05, 4.69) is 36.1 Å². The lowest BCUT2D eigenvalue weighted by molar-refractivity contribution is 0.734. The molecule has 0 spiro atoms. The maximum atomic E-state index is 4.40. The third-order valence-corrected chi connectivity index (χ3v) is 2.97. The Balaban J connectivity index is 2.88. The van der Waals surface area contributed by atoms with Gasteiger partial charge in [0, 0.05) is 19.3 Å². The first-order chi connectivity index (χ1) is 7.33. The summed E-state index contributed by atoms with van der Waals surface area (Å²) in [6.45, 7) is 6.68. The minimum absolute atomic E-state index is 1.12. The van der Waals surface area contributed by atoms with Crippen LogP contribution < -0.4 is 4.90 Å². The van der Waals surface area contributed by atoms with Gasteiger partial charge in [-0.3, -0.25) is 0 Å². The van der Waals surface area contributed by atoms with Crippen molar-refractivity contribution < 1.29 is 0 Å². The van der Waals surface area contributed by atoms with Gasteiger partial charge in [-0.15, -0.1) is 11.8 Å². The Morgan fingerprint density at radius 2 is 1.93 bits per heavy atom. The Labute approximate surface area is 97.1 Å². The van der Waals surface area contributed by atoms with Gasteiger partial charge >= 0.3 is 0 Å². The molecular weight excluding hydrogens is 204 g/mol. The van der Waals surface area contributed by atoms with Crippen molar-refractivity contribution in [3.8, 4) is 0 Å². The lowest BCUT2D eigenvalue weighted by Gasteiger charge is -2.25. The van der Waals surface area contributed by atoms with Crippen molar-refractivity contribution in [2.75, 3.05) is 24.2 Å². The summed E-state index contributed by atoms with van der Waals surface area (Å²) in [5, 5.41) is 1.14. The summed E-state index contributed by atoms with van der Waals surface area (Å²) >= 11 is 1.72. The first-order valence-electron chi connectivity index (χ1n) is 5.57. The summed E-state index contributed by atoms with van der Waals surface area (Å²) in [7, 11) is 0. The van der Waals surface area contributed by atoms with E-state index in [0.717, 1.165) is 18.1 Å². The van der Waals surface area contributed by atoms with Crippen molar-refractivity contribution in [1.82, 2.24) is 4.98 Å². The molecule has 0 radical (unpaired) electrons. The van der Waals surface area contributed by atoms with Crippen molar-refractivity contribution in [3.05, 3.63) is 18.3 Å². The molecule has 1 rings (SSSR count). The maximum absolute atomic E-state index is 4.40. The molecule has 84 valence electrons. The SMILES string of the molecule is CCCN(CCC)c1cccnc1SC. The summed E-state index contributed by atoms with van der Waals surface area (Å²) < 4.78 is 0. The van der Waals surface area contributed by atoms with Gasteiger partial charge in [-0.2, -0.15) is 0 Å². The number of pyridine rings is 1. The van der Waals surface area contributed by atoms with Gasteiger partial charge in [0.05, 0.1) is 5.69 Å². The molecule has 0 atom stereocenters.